The van der Waals surface area contributed by atoms with Crippen molar-refractivity contribution in [2.45, 2.75) is 45.3 Å². The van der Waals surface area contributed by atoms with Crippen molar-refractivity contribution in [3.8, 4) is 0 Å². The van der Waals surface area contributed by atoms with Crippen LogP contribution in [-0.2, 0) is 4.74 Å². The number of ether oxygens (including phenoxy) is 1. The molecule has 0 bridgehead atoms. The molecule has 0 aromatic carbocycles. The van der Waals surface area contributed by atoms with Gasteiger partial charge in [0.05, 0.1) is 12.2 Å². The molecule has 1 aliphatic heterocycles. The third-order valence-corrected chi connectivity index (χ3v) is 1.97. The van der Waals surface area contributed by atoms with Crippen molar-refractivity contribution in [3.05, 3.63) is 0 Å². The van der Waals surface area contributed by atoms with Gasteiger partial charge in [0.15, 0.2) is 0 Å². The molecule has 11 heavy (non-hydrogen) atoms. The molecule has 0 aliphatic carbocycles. The van der Waals surface area contributed by atoms with Crippen molar-refractivity contribution in [2.24, 2.45) is 0 Å². The standard InChI is InChI=1S/C9H19NO/c1-8(2)11-9-5-3-4-6-10-7-9/h8-10H,3-7H2,1-2H3. The van der Waals surface area contributed by atoms with E-state index >= 15 is 0 Å². The fourth-order valence-electron chi connectivity index (χ4n) is 1.49. The predicted molar refractivity (Wildman–Crippen MR) is 46.7 cm³/mol. The van der Waals surface area contributed by atoms with Gasteiger partial charge in [-0.15, -0.1) is 0 Å². The fourth-order valence-corrected chi connectivity index (χ4v) is 1.49. The highest BCUT2D eigenvalue weighted by Gasteiger charge is 2.12. The van der Waals surface area contributed by atoms with Crippen LogP contribution < -0.4 is 5.32 Å². The Labute approximate surface area is 69.3 Å². The highest BCUT2D eigenvalue weighted by molar-refractivity contribution is 4.67. The second-order valence-electron chi connectivity index (χ2n) is 3.51. The first-order valence-corrected chi connectivity index (χ1v) is 4.65. The first-order valence-electron chi connectivity index (χ1n) is 4.65. The first kappa shape index (κ1) is 9.01. The average molecular weight is 157 g/mol. The SMILES string of the molecule is CC(C)OC1CCCCNC1. The molecule has 1 rings (SSSR count). The zero-order chi connectivity index (χ0) is 8.10. The molecule has 0 radical (unpaired) electrons. The summed E-state index contributed by atoms with van der Waals surface area (Å²) in [5, 5.41) is 3.38. The Morgan fingerprint density at radius 2 is 2.18 bits per heavy atom. The lowest BCUT2D eigenvalue weighted by atomic mass is 10.2. The van der Waals surface area contributed by atoms with Gasteiger partial charge in [0.1, 0.15) is 0 Å². The highest BCUT2D eigenvalue weighted by Crippen LogP contribution is 2.09. The summed E-state index contributed by atoms with van der Waals surface area (Å²) in [7, 11) is 0. The average Bonchev–Trinajstić information content (AvgIpc) is 2.14. The van der Waals surface area contributed by atoms with E-state index in [2.05, 4.69) is 19.2 Å². The van der Waals surface area contributed by atoms with Crippen LogP contribution in [0.3, 0.4) is 0 Å². The number of hydrogen-bond donors (Lipinski definition) is 1. The van der Waals surface area contributed by atoms with E-state index in [1.54, 1.807) is 0 Å². The summed E-state index contributed by atoms with van der Waals surface area (Å²) in [6.45, 7) is 6.41. The summed E-state index contributed by atoms with van der Waals surface area (Å²) < 4.78 is 5.71. The van der Waals surface area contributed by atoms with Gasteiger partial charge < -0.3 is 10.1 Å². The van der Waals surface area contributed by atoms with Crippen LogP contribution in [0.25, 0.3) is 0 Å². The fraction of sp³-hybridized carbons (Fsp3) is 1.00. The number of nitrogens with one attached hydrogen (secondary N) is 1. The Morgan fingerprint density at radius 3 is 2.91 bits per heavy atom. The second-order valence-corrected chi connectivity index (χ2v) is 3.51. The van der Waals surface area contributed by atoms with Gasteiger partial charge in [0, 0.05) is 6.54 Å². The predicted octanol–water partition coefficient (Wildman–Crippen LogP) is 1.55. The maximum absolute atomic E-state index is 5.71. The smallest absolute Gasteiger partial charge is 0.0702 e. The van der Waals surface area contributed by atoms with E-state index < -0.39 is 0 Å². The molecule has 1 unspecified atom stereocenters. The maximum Gasteiger partial charge on any atom is 0.0702 e. The van der Waals surface area contributed by atoms with E-state index in [1.807, 2.05) is 0 Å². The van der Waals surface area contributed by atoms with Gasteiger partial charge in [-0.25, -0.2) is 0 Å². The van der Waals surface area contributed by atoms with Gasteiger partial charge in [-0.3, -0.25) is 0 Å². The Hall–Kier alpha value is -0.0800. The normalized spacial score (nSPS) is 27.0. The summed E-state index contributed by atoms with van der Waals surface area (Å²) in [6.07, 6.45) is 4.67. The summed E-state index contributed by atoms with van der Waals surface area (Å²) in [5.41, 5.74) is 0. The molecule has 1 fully saturated rings. The van der Waals surface area contributed by atoms with Crippen molar-refractivity contribution >= 4 is 0 Å². The van der Waals surface area contributed by atoms with E-state index in [1.165, 1.54) is 19.3 Å². The lowest BCUT2D eigenvalue weighted by Gasteiger charge is -2.17. The van der Waals surface area contributed by atoms with E-state index in [0.29, 0.717) is 12.2 Å². The Morgan fingerprint density at radius 1 is 1.36 bits per heavy atom. The summed E-state index contributed by atoms with van der Waals surface area (Å²) in [5.74, 6) is 0. The van der Waals surface area contributed by atoms with Crippen LogP contribution in [0, 0.1) is 0 Å². The molecule has 1 atom stereocenters. The first-order chi connectivity index (χ1) is 5.29. The Kier molecular flexibility index (Phi) is 3.87. The Bertz CT molecular complexity index is 95.7. The van der Waals surface area contributed by atoms with E-state index in [0.717, 1.165) is 13.1 Å². The van der Waals surface area contributed by atoms with Gasteiger partial charge in [-0.2, -0.15) is 0 Å². The lowest BCUT2D eigenvalue weighted by Crippen LogP contribution is -2.28. The van der Waals surface area contributed by atoms with Gasteiger partial charge in [-0.1, -0.05) is 0 Å². The highest BCUT2D eigenvalue weighted by atomic mass is 16.5. The third kappa shape index (κ3) is 3.73. The van der Waals surface area contributed by atoms with E-state index in [9.17, 15) is 0 Å². The minimum atomic E-state index is 0.375. The molecule has 1 heterocycles. The van der Waals surface area contributed by atoms with Gasteiger partial charge in [0.25, 0.3) is 0 Å². The van der Waals surface area contributed by atoms with Crippen molar-refractivity contribution in [2.75, 3.05) is 13.1 Å². The monoisotopic (exact) mass is 157 g/mol. The van der Waals surface area contributed by atoms with Gasteiger partial charge >= 0.3 is 0 Å². The molecular formula is C9H19NO. The molecule has 0 amide bonds. The van der Waals surface area contributed by atoms with Crippen molar-refractivity contribution < 1.29 is 4.74 Å². The van der Waals surface area contributed by atoms with Gasteiger partial charge in [-0.05, 0) is 39.7 Å². The lowest BCUT2D eigenvalue weighted by molar-refractivity contribution is 0.00664. The molecule has 1 N–H and O–H groups in total. The van der Waals surface area contributed by atoms with E-state index in [-0.39, 0.29) is 0 Å². The van der Waals surface area contributed by atoms with Crippen molar-refractivity contribution in [1.82, 2.24) is 5.32 Å². The molecule has 1 saturated heterocycles. The molecular weight excluding hydrogens is 138 g/mol. The Balaban J connectivity index is 2.20. The molecule has 2 nitrogen and oxygen atoms in total. The summed E-state index contributed by atoms with van der Waals surface area (Å²) in [4.78, 5) is 0. The molecule has 0 aromatic heterocycles. The number of hydrogen-bond acceptors (Lipinski definition) is 2. The maximum atomic E-state index is 5.71. The molecule has 0 aromatic rings. The zero-order valence-electron chi connectivity index (χ0n) is 7.60. The van der Waals surface area contributed by atoms with Crippen LogP contribution in [0.5, 0.6) is 0 Å². The van der Waals surface area contributed by atoms with Crippen LogP contribution in [0.15, 0.2) is 0 Å². The minimum absolute atomic E-state index is 0.375. The van der Waals surface area contributed by atoms with Crippen LogP contribution in [0.2, 0.25) is 0 Å². The minimum Gasteiger partial charge on any atom is -0.374 e. The quantitative estimate of drug-likeness (QED) is 0.656. The molecule has 66 valence electrons. The van der Waals surface area contributed by atoms with Crippen molar-refractivity contribution in [3.63, 3.8) is 0 Å². The number of rotatable bonds is 2. The zero-order valence-corrected chi connectivity index (χ0v) is 7.60. The molecule has 2 heteroatoms. The molecule has 1 aliphatic rings. The van der Waals surface area contributed by atoms with E-state index in [4.69, 9.17) is 4.74 Å². The molecule has 0 saturated carbocycles. The van der Waals surface area contributed by atoms with Crippen LogP contribution in [-0.4, -0.2) is 25.3 Å². The van der Waals surface area contributed by atoms with Crippen LogP contribution in [0.4, 0.5) is 0 Å². The van der Waals surface area contributed by atoms with Gasteiger partial charge in [0.2, 0.25) is 0 Å². The topological polar surface area (TPSA) is 21.3 Å². The summed E-state index contributed by atoms with van der Waals surface area (Å²) in [6, 6.07) is 0. The summed E-state index contributed by atoms with van der Waals surface area (Å²) >= 11 is 0. The third-order valence-electron chi connectivity index (χ3n) is 1.97. The van der Waals surface area contributed by atoms with Crippen molar-refractivity contribution in [1.29, 1.82) is 0 Å². The molecule has 0 spiro atoms. The largest absolute Gasteiger partial charge is 0.374 e. The van der Waals surface area contributed by atoms with Crippen LogP contribution in [0.1, 0.15) is 33.1 Å². The van der Waals surface area contributed by atoms with Crippen LogP contribution >= 0.6 is 0 Å². The second kappa shape index (κ2) is 4.73.